The van der Waals surface area contributed by atoms with Crippen LogP contribution in [0.5, 0.6) is 0 Å². The quantitative estimate of drug-likeness (QED) is 0.791. The van der Waals surface area contributed by atoms with Crippen LogP contribution >= 0.6 is 0 Å². The first-order valence-corrected chi connectivity index (χ1v) is 6.88. The van der Waals surface area contributed by atoms with E-state index in [2.05, 4.69) is 48.9 Å². The number of fused-ring (bicyclic) bond motifs is 1. The number of rotatable bonds is 3. The SMILES string of the molecule is Cc1ccc(CN)c(Cc2nc3ccccc3n2C)c1. The molecule has 1 heterocycles. The predicted octanol–water partition coefficient (Wildman–Crippen LogP) is 2.93. The molecular weight excluding hydrogens is 246 g/mol. The van der Waals surface area contributed by atoms with Gasteiger partial charge in [-0.3, -0.25) is 0 Å². The van der Waals surface area contributed by atoms with E-state index in [-0.39, 0.29) is 0 Å². The second kappa shape index (κ2) is 5.10. The summed E-state index contributed by atoms with van der Waals surface area (Å²) in [6.07, 6.45) is 0.819. The van der Waals surface area contributed by atoms with Gasteiger partial charge >= 0.3 is 0 Å². The van der Waals surface area contributed by atoms with Crippen molar-refractivity contribution in [1.82, 2.24) is 9.55 Å². The molecule has 0 bridgehead atoms. The molecule has 0 aliphatic rings. The van der Waals surface area contributed by atoms with Crippen molar-refractivity contribution in [3.05, 3.63) is 65.0 Å². The third-order valence-electron chi connectivity index (χ3n) is 3.81. The molecule has 0 fully saturated rings. The highest BCUT2D eigenvalue weighted by Crippen LogP contribution is 2.19. The first kappa shape index (κ1) is 12.9. The van der Waals surface area contributed by atoms with Crippen molar-refractivity contribution in [2.75, 3.05) is 0 Å². The van der Waals surface area contributed by atoms with Crippen molar-refractivity contribution >= 4 is 11.0 Å². The highest BCUT2D eigenvalue weighted by atomic mass is 15.1. The topological polar surface area (TPSA) is 43.8 Å². The van der Waals surface area contributed by atoms with Crippen LogP contribution in [-0.2, 0) is 20.0 Å². The van der Waals surface area contributed by atoms with Crippen molar-refractivity contribution in [1.29, 1.82) is 0 Å². The fourth-order valence-corrected chi connectivity index (χ4v) is 2.64. The van der Waals surface area contributed by atoms with Crippen molar-refractivity contribution in [2.24, 2.45) is 12.8 Å². The van der Waals surface area contributed by atoms with Crippen LogP contribution in [0, 0.1) is 6.92 Å². The Hall–Kier alpha value is -2.13. The van der Waals surface area contributed by atoms with E-state index in [0.29, 0.717) is 6.54 Å². The summed E-state index contributed by atoms with van der Waals surface area (Å²) in [5.41, 5.74) is 11.8. The Labute approximate surface area is 119 Å². The minimum atomic E-state index is 0.569. The zero-order valence-electron chi connectivity index (χ0n) is 11.9. The molecule has 3 aromatic rings. The van der Waals surface area contributed by atoms with Crippen molar-refractivity contribution < 1.29 is 0 Å². The Morgan fingerprint density at radius 3 is 2.65 bits per heavy atom. The zero-order chi connectivity index (χ0) is 14.1. The minimum Gasteiger partial charge on any atom is -0.331 e. The molecule has 0 saturated carbocycles. The zero-order valence-corrected chi connectivity index (χ0v) is 11.9. The second-order valence-electron chi connectivity index (χ2n) is 5.23. The number of hydrogen-bond donors (Lipinski definition) is 1. The lowest BCUT2D eigenvalue weighted by atomic mass is 10.0. The highest BCUT2D eigenvalue weighted by molar-refractivity contribution is 5.75. The summed E-state index contributed by atoms with van der Waals surface area (Å²) in [5.74, 6) is 1.08. The lowest BCUT2D eigenvalue weighted by Gasteiger charge is -2.09. The number of hydrogen-bond acceptors (Lipinski definition) is 2. The van der Waals surface area contributed by atoms with Gasteiger partial charge in [0.25, 0.3) is 0 Å². The van der Waals surface area contributed by atoms with E-state index in [1.54, 1.807) is 0 Å². The summed E-state index contributed by atoms with van der Waals surface area (Å²) in [5, 5.41) is 0. The summed E-state index contributed by atoms with van der Waals surface area (Å²) in [6, 6.07) is 14.7. The predicted molar refractivity (Wildman–Crippen MR) is 82.6 cm³/mol. The Kier molecular flexibility index (Phi) is 3.28. The van der Waals surface area contributed by atoms with Crippen LogP contribution < -0.4 is 5.73 Å². The van der Waals surface area contributed by atoms with Gasteiger partial charge in [0.15, 0.2) is 0 Å². The number of aryl methyl sites for hydroxylation is 2. The smallest absolute Gasteiger partial charge is 0.114 e. The van der Waals surface area contributed by atoms with E-state index in [9.17, 15) is 0 Å². The molecular formula is C17H19N3. The van der Waals surface area contributed by atoms with Gasteiger partial charge in [-0.2, -0.15) is 0 Å². The van der Waals surface area contributed by atoms with Crippen LogP contribution in [-0.4, -0.2) is 9.55 Å². The van der Waals surface area contributed by atoms with E-state index in [0.717, 1.165) is 17.8 Å². The molecule has 0 saturated heterocycles. The first-order valence-electron chi connectivity index (χ1n) is 6.88. The van der Waals surface area contributed by atoms with Gasteiger partial charge in [-0.25, -0.2) is 4.98 Å². The Morgan fingerprint density at radius 1 is 1.10 bits per heavy atom. The molecule has 1 aromatic heterocycles. The van der Waals surface area contributed by atoms with Crippen LogP contribution in [0.25, 0.3) is 11.0 Å². The van der Waals surface area contributed by atoms with Gasteiger partial charge in [-0.15, -0.1) is 0 Å². The summed E-state index contributed by atoms with van der Waals surface area (Å²) >= 11 is 0. The van der Waals surface area contributed by atoms with Crippen LogP contribution in [0.3, 0.4) is 0 Å². The molecule has 0 spiro atoms. The maximum atomic E-state index is 5.84. The van der Waals surface area contributed by atoms with E-state index in [1.807, 2.05) is 12.1 Å². The maximum absolute atomic E-state index is 5.84. The first-order chi connectivity index (χ1) is 9.69. The molecule has 0 radical (unpaired) electrons. The molecule has 0 aliphatic heterocycles. The van der Waals surface area contributed by atoms with Crippen molar-refractivity contribution in [3.63, 3.8) is 0 Å². The molecule has 0 unspecified atom stereocenters. The van der Waals surface area contributed by atoms with E-state index in [1.165, 1.54) is 22.2 Å². The van der Waals surface area contributed by atoms with Crippen LogP contribution in [0.2, 0.25) is 0 Å². The van der Waals surface area contributed by atoms with E-state index < -0.39 is 0 Å². The van der Waals surface area contributed by atoms with Gasteiger partial charge in [-0.1, -0.05) is 35.9 Å². The molecule has 3 rings (SSSR count). The maximum Gasteiger partial charge on any atom is 0.114 e. The fraction of sp³-hybridized carbons (Fsp3) is 0.235. The summed E-state index contributed by atoms with van der Waals surface area (Å²) < 4.78 is 2.16. The lowest BCUT2D eigenvalue weighted by molar-refractivity contribution is 0.837. The van der Waals surface area contributed by atoms with Crippen LogP contribution in [0.1, 0.15) is 22.5 Å². The minimum absolute atomic E-state index is 0.569. The molecule has 20 heavy (non-hydrogen) atoms. The molecule has 3 nitrogen and oxygen atoms in total. The van der Waals surface area contributed by atoms with Gasteiger partial charge in [0, 0.05) is 20.0 Å². The Morgan fingerprint density at radius 2 is 1.90 bits per heavy atom. The Bertz CT molecular complexity index is 756. The van der Waals surface area contributed by atoms with E-state index in [4.69, 9.17) is 10.7 Å². The van der Waals surface area contributed by atoms with E-state index >= 15 is 0 Å². The summed E-state index contributed by atoms with van der Waals surface area (Å²) in [4.78, 5) is 4.73. The Balaban J connectivity index is 2.05. The number of para-hydroxylation sites is 2. The lowest BCUT2D eigenvalue weighted by Crippen LogP contribution is -2.05. The van der Waals surface area contributed by atoms with Gasteiger partial charge in [-0.05, 0) is 30.2 Å². The third-order valence-corrected chi connectivity index (χ3v) is 3.81. The van der Waals surface area contributed by atoms with Crippen LogP contribution in [0.15, 0.2) is 42.5 Å². The standard InChI is InChI=1S/C17H19N3/c1-12-7-8-13(11-18)14(9-12)10-17-19-15-5-3-4-6-16(15)20(17)2/h3-9H,10-11,18H2,1-2H3. The average molecular weight is 265 g/mol. The molecule has 2 N–H and O–H groups in total. The summed E-state index contributed by atoms with van der Waals surface area (Å²) in [7, 11) is 2.07. The third kappa shape index (κ3) is 2.21. The van der Waals surface area contributed by atoms with Crippen LogP contribution in [0.4, 0.5) is 0 Å². The number of nitrogens with two attached hydrogens (primary N) is 1. The monoisotopic (exact) mass is 265 g/mol. The number of nitrogens with zero attached hydrogens (tertiary/aromatic N) is 2. The second-order valence-corrected chi connectivity index (χ2v) is 5.23. The molecule has 0 atom stereocenters. The molecule has 0 amide bonds. The molecule has 3 heteroatoms. The fourth-order valence-electron chi connectivity index (χ4n) is 2.64. The average Bonchev–Trinajstić information content (AvgIpc) is 2.76. The summed E-state index contributed by atoms with van der Waals surface area (Å²) in [6.45, 7) is 2.68. The van der Waals surface area contributed by atoms with Gasteiger partial charge in [0.2, 0.25) is 0 Å². The normalized spacial score (nSPS) is 11.2. The number of benzene rings is 2. The molecule has 0 aliphatic carbocycles. The molecule has 102 valence electrons. The number of aromatic nitrogens is 2. The van der Waals surface area contributed by atoms with Crippen molar-refractivity contribution in [2.45, 2.75) is 19.9 Å². The van der Waals surface area contributed by atoms with Gasteiger partial charge in [0.05, 0.1) is 11.0 Å². The van der Waals surface area contributed by atoms with Crippen molar-refractivity contribution in [3.8, 4) is 0 Å². The highest BCUT2D eigenvalue weighted by Gasteiger charge is 2.10. The molecule has 2 aromatic carbocycles. The van der Waals surface area contributed by atoms with Gasteiger partial charge < -0.3 is 10.3 Å². The van der Waals surface area contributed by atoms with Gasteiger partial charge in [0.1, 0.15) is 5.82 Å². The largest absolute Gasteiger partial charge is 0.331 e. The number of imidazole rings is 1.